The number of likely N-dealkylation sites (tertiary alicyclic amines) is 1. The van der Waals surface area contributed by atoms with Crippen molar-refractivity contribution in [3.63, 3.8) is 0 Å². The van der Waals surface area contributed by atoms with Gasteiger partial charge in [-0.15, -0.1) is 0 Å². The monoisotopic (exact) mass is 368 g/mol. The van der Waals surface area contributed by atoms with Gasteiger partial charge in [-0.1, -0.05) is 17.3 Å². The first-order chi connectivity index (χ1) is 13.2. The van der Waals surface area contributed by atoms with Gasteiger partial charge in [-0.25, -0.2) is 14.2 Å². The molecular weight excluding hydrogens is 351 g/mol. The molecule has 3 heterocycles. The summed E-state index contributed by atoms with van der Waals surface area (Å²) in [5, 5.41) is 6.87. The summed E-state index contributed by atoms with van der Waals surface area (Å²) in [5.41, 5.74) is 1.36. The van der Waals surface area contributed by atoms with Crippen molar-refractivity contribution in [2.45, 2.75) is 18.9 Å². The van der Waals surface area contributed by atoms with Gasteiger partial charge in [0.05, 0.1) is 6.20 Å². The maximum atomic E-state index is 12.9. The van der Waals surface area contributed by atoms with E-state index in [0.717, 1.165) is 12.0 Å². The summed E-state index contributed by atoms with van der Waals surface area (Å²) in [4.78, 5) is 26.6. The SMILES string of the molecule is O=C(NCc1ccc(F)cc1)N1CCC(c2noc(-c3cnccn3)n2)C1. The van der Waals surface area contributed by atoms with Gasteiger partial charge in [0.15, 0.2) is 5.82 Å². The lowest BCUT2D eigenvalue weighted by Gasteiger charge is -2.16. The van der Waals surface area contributed by atoms with Crippen LogP contribution in [0.3, 0.4) is 0 Å². The summed E-state index contributed by atoms with van der Waals surface area (Å²) < 4.78 is 18.2. The molecule has 2 aromatic heterocycles. The number of halogens is 1. The van der Waals surface area contributed by atoms with Gasteiger partial charge in [-0.3, -0.25) is 4.98 Å². The smallest absolute Gasteiger partial charge is 0.317 e. The van der Waals surface area contributed by atoms with Crippen molar-refractivity contribution in [2.24, 2.45) is 0 Å². The Morgan fingerprint density at radius 1 is 1.30 bits per heavy atom. The Morgan fingerprint density at radius 3 is 2.93 bits per heavy atom. The van der Waals surface area contributed by atoms with Crippen LogP contribution >= 0.6 is 0 Å². The second-order valence-corrected chi connectivity index (χ2v) is 6.27. The third kappa shape index (κ3) is 3.91. The van der Waals surface area contributed by atoms with Gasteiger partial charge in [-0.2, -0.15) is 4.98 Å². The number of hydrogen-bond donors (Lipinski definition) is 1. The lowest BCUT2D eigenvalue weighted by molar-refractivity contribution is 0.207. The highest BCUT2D eigenvalue weighted by atomic mass is 19.1. The van der Waals surface area contributed by atoms with Crippen LogP contribution in [0.25, 0.3) is 11.6 Å². The fraction of sp³-hybridized carbons (Fsp3) is 0.278. The fourth-order valence-corrected chi connectivity index (χ4v) is 2.96. The molecule has 2 amide bonds. The van der Waals surface area contributed by atoms with Crippen molar-refractivity contribution in [1.82, 2.24) is 30.3 Å². The highest BCUT2D eigenvalue weighted by Gasteiger charge is 2.30. The molecule has 9 heteroatoms. The van der Waals surface area contributed by atoms with Crippen LogP contribution in [0.1, 0.15) is 23.7 Å². The molecule has 27 heavy (non-hydrogen) atoms. The summed E-state index contributed by atoms with van der Waals surface area (Å²) in [6.45, 7) is 1.46. The minimum absolute atomic E-state index is 0.00995. The normalized spacial score (nSPS) is 16.5. The molecule has 0 spiro atoms. The molecule has 0 aliphatic carbocycles. The van der Waals surface area contributed by atoms with Gasteiger partial charge in [0.2, 0.25) is 0 Å². The van der Waals surface area contributed by atoms with Gasteiger partial charge in [0.25, 0.3) is 5.89 Å². The first-order valence-electron chi connectivity index (χ1n) is 8.56. The maximum Gasteiger partial charge on any atom is 0.317 e. The summed E-state index contributed by atoms with van der Waals surface area (Å²) >= 11 is 0. The zero-order valence-corrected chi connectivity index (χ0v) is 14.4. The van der Waals surface area contributed by atoms with E-state index in [1.165, 1.54) is 12.1 Å². The standard InChI is InChI=1S/C18H17FN6O2/c19-14-3-1-12(2-4-14)9-22-18(26)25-8-5-13(11-25)16-23-17(27-24-16)15-10-20-6-7-21-15/h1-4,6-7,10,13H,5,8-9,11H2,(H,22,26). The number of rotatable bonds is 4. The number of carbonyl (C=O) groups is 1. The Kier molecular flexibility index (Phi) is 4.73. The van der Waals surface area contributed by atoms with E-state index in [2.05, 4.69) is 25.4 Å². The average Bonchev–Trinajstić information content (AvgIpc) is 3.37. The minimum Gasteiger partial charge on any atom is -0.334 e. The first kappa shape index (κ1) is 17.1. The van der Waals surface area contributed by atoms with Gasteiger partial charge >= 0.3 is 6.03 Å². The first-order valence-corrected chi connectivity index (χ1v) is 8.56. The fourth-order valence-electron chi connectivity index (χ4n) is 2.96. The number of nitrogens with zero attached hydrogens (tertiary/aromatic N) is 5. The Labute approximate surface area is 154 Å². The van der Waals surface area contributed by atoms with Crippen LogP contribution in [-0.2, 0) is 6.54 Å². The van der Waals surface area contributed by atoms with Crippen molar-refractivity contribution < 1.29 is 13.7 Å². The zero-order valence-electron chi connectivity index (χ0n) is 14.4. The molecule has 1 aromatic carbocycles. The Morgan fingerprint density at radius 2 is 2.15 bits per heavy atom. The van der Waals surface area contributed by atoms with Gasteiger partial charge in [0.1, 0.15) is 11.5 Å². The molecule has 138 valence electrons. The van der Waals surface area contributed by atoms with E-state index in [-0.39, 0.29) is 17.8 Å². The van der Waals surface area contributed by atoms with E-state index in [1.807, 2.05) is 0 Å². The van der Waals surface area contributed by atoms with E-state index < -0.39 is 0 Å². The highest BCUT2D eigenvalue weighted by Crippen LogP contribution is 2.26. The van der Waals surface area contributed by atoms with Crippen molar-refractivity contribution in [1.29, 1.82) is 0 Å². The predicted molar refractivity (Wildman–Crippen MR) is 92.9 cm³/mol. The number of benzene rings is 1. The Bertz CT molecular complexity index is 915. The number of hydrogen-bond acceptors (Lipinski definition) is 6. The minimum atomic E-state index is -0.298. The van der Waals surface area contributed by atoms with Gasteiger partial charge in [0, 0.05) is 37.9 Å². The topological polar surface area (TPSA) is 97.0 Å². The quantitative estimate of drug-likeness (QED) is 0.759. The lowest BCUT2D eigenvalue weighted by atomic mass is 10.1. The van der Waals surface area contributed by atoms with Crippen LogP contribution < -0.4 is 5.32 Å². The van der Waals surface area contributed by atoms with Crippen LogP contribution in [0, 0.1) is 5.82 Å². The summed E-state index contributed by atoms with van der Waals surface area (Å²) in [6.07, 6.45) is 5.44. The third-order valence-corrected chi connectivity index (χ3v) is 4.42. The summed E-state index contributed by atoms with van der Waals surface area (Å²) in [7, 11) is 0. The molecule has 3 aromatic rings. The van der Waals surface area contributed by atoms with Crippen molar-refractivity contribution in [3.8, 4) is 11.6 Å². The molecule has 1 N–H and O–H groups in total. The lowest BCUT2D eigenvalue weighted by Crippen LogP contribution is -2.38. The van der Waals surface area contributed by atoms with E-state index in [9.17, 15) is 9.18 Å². The zero-order chi connectivity index (χ0) is 18.6. The molecular formula is C18H17FN6O2. The van der Waals surface area contributed by atoms with Gasteiger partial charge in [-0.05, 0) is 24.1 Å². The van der Waals surface area contributed by atoms with Crippen molar-refractivity contribution in [3.05, 3.63) is 60.1 Å². The number of amides is 2. The van der Waals surface area contributed by atoms with Gasteiger partial charge < -0.3 is 14.7 Å². The molecule has 1 unspecified atom stereocenters. The number of aromatic nitrogens is 4. The molecule has 1 saturated heterocycles. The summed E-state index contributed by atoms with van der Waals surface area (Å²) in [6, 6.07) is 5.88. The highest BCUT2D eigenvalue weighted by molar-refractivity contribution is 5.74. The van der Waals surface area contributed by atoms with Crippen molar-refractivity contribution in [2.75, 3.05) is 13.1 Å². The van der Waals surface area contributed by atoms with E-state index in [0.29, 0.717) is 37.0 Å². The molecule has 1 fully saturated rings. The average molecular weight is 368 g/mol. The molecule has 0 bridgehead atoms. The predicted octanol–water partition coefficient (Wildman–Crippen LogP) is 2.36. The van der Waals surface area contributed by atoms with Crippen LogP contribution in [0.15, 0.2) is 47.4 Å². The molecule has 0 radical (unpaired) electrons. The van der Waals surface area contributed by atoms with Crippen LogP contribution in [-0.4, -0.2) is 44.1 Å². The number of nitrogens with one attached hydrogen (secondary N) is 1. The van der Waals surface area contributed by atoms with Crippen LogP contribution in [0.4, 0.5) is 9.18 Å². The maximum absolute atomic E-state index is 12.9. The molecule has 0 saturated carbocycles. The van der Waals surface area contributed by atoms with E-state index in [1.54, 1.807) is 35.6 Å². The number of urea groups is 1. The van der Waals surface area contributed by atoms with Crippen molar-refractivity contribution >= 4 is 6.03 Å². The molecule has 1 aliphatic rings. The molecule has 1 aliphatic heterocycles. The second-order valence-electron chi connectivity index (χ2n) is 6.27. The molecule has 1 atom stereocenters. The molecule has 8 nitrogen and oxygen atoms in total. The van der Waals surface area contributed by atoms with Crippen LogP contribution in [0.5, 0.6) is 0 Å². The third-order valence-electron chi connectivity index (χ3n) is 4.42. The number of carbonyl (C=O) groups excluding carboxylic acids is 1. The largest absolute Gasteiger partial charge is 0.334 e. The second kappa shape index (κ2) is 7.48. The van der Waals surface area contributed by atoms with Crippen LogP contribution in [0.2, 0.25) is 0 Å². The Hall–Kier alpha value is -3.36. The van der Waals surface area contributed by atoms with E-state index in [4.69, 9.17) is 4.52 Å². The summed E-state index contributed by atoms with van der Waals surface area (Å²) in [5.74, 6) is 0.589. The van der Waals surface area contributed by atoms with E-state index >= 15 is 0 Å². The Balaban J connectivity index is 1.34. The molecule has 4 rings (SSSR count).